The maximum Gasteiger partial charge on any atom is 0.227 e. The molecule has 0 unspecified atom stereocenters. The van der Waals surface area contributed by atoms with Crippen molar-refractivity contribution in [1.82, 2.24) is 9.88 Å². The number of fused-ring (bicyclic) bond motifs is 1. The van der Waals surface area contributed by atoms with E-state index in [1.165, 1.54) is 13.8 Å². The molecule has 0 atom stereocenters. The van der Waals surface area contributed by atoms with Gasteiger partial charge in [-0.2, -0.15) is 0 Å². The van der Waals surface area contributed by atoms with E-state index in [0.717, 1.165) is 16.5 Å². The fraction of sp³-hybridized carbons (Fsp3) is 0.333. The molecule has 1 amide bonds. The monoisotopic (exact) mass is 308 g/mol. The van der Waals surface area contributed by atoms with Crippen LogP contribution in [0.2, 0.25) is 5.02 Å². The first-order valence-electron chi connectivity index (χ1n) is 6.57. The van der Waals surface area contributed by atoms with Crippen LogP contribution in [0.1, 0.15) is 24.2 Å². The number of carbonyl (C=O) groups excluding carboxylic acids is 2. The lowest BCUT2D eigenvalue weighted by Gasteiger charge is -2.05. The van der Waals surface area contributed by atoms with E-state index in [2.05, 4.69) is 5.32 Å². The van der Waals surface area contributed by atoms with E-state index in [4.69, 9.17) is 16.3 Å². The molecule has 0 aliphatic heterocycles. The molecular formula is C15H17ClN2O3. The highest BCUT2D eigenvalue weighted by molar-refractivity contribution is 6.33. The number of methoxy groups -OCH3 is 1. The minimum absolute atomic E-state index is 0.0778. The van der Waals surface area contributed by atoms with E-state index < -0.39 is 0 Å². The van der Waals surface area contributed by atoms with Gasteiger partial charge in [-0.1, -0.05) is 11.6 Å². The van der Waals surface area contributed by atoms with Crippen LogP contribution in [0.15, 0.2) is 18.3 Å². The van der Waals surface area contributed by atoms with Crippen molar-refractivity contribution in [2.75, 3.05) is 13.7 Å². The number of hydrogen-bond donors (Lipinski definition) is 1. The summed E-state index contributed by atoms with van der Waals surface area (Å²) in [6.45, 7) is 3.48. The molecule has 0 aliphatic carbocycles. The predicted molar refractivity (Wildman–Crippen MR) is 82.2 cm³/mol. The first kappa shape index (κ1) is 15.4. The number of amides is 1. The van der Waals surface area contributed by atoms with Gasteiger partial charge in [0, 0.05) is 32.0 Å². The van der Waals surface area contributed by atoms with Gasteiger partial charge in [-0.3, -0.25) is 14.2 Å². The van der Waals surface area contributed by atoms with Crippen molar-refractivity contribution in [2.24, 2.45) is 0 Å². The van der Waals surface area contributed by atoms with E-state index in [9.17, 15) is 9.59 Å². The maximum absolute atomic E-state index is 11.7. The van der Waals surface area contributed by atoms with Gasteiger partial charge in [0.15, 0.2) is 0 Å². The van der Waals surface area contributed by atoms with E-state index in [1.807, 2.05) is 6.07 Å². The number of nitrogens with zero attached hydrogens (tertiary/aromatic N) is 1. The number of rotatable bonds is 4. The summed E-state index contributed by atoms with van der Waals surface area (Å²) >= 11 is 6.13. The number of ether oxygens (including phenoxy) is 1. The van der Waals surface area contributed by atoms with Crippen LogP contribution in [0, 0.1) is 0 Å². The fourth-order valence-electron chi connectivity index (χ4n) is 2.28. The van der Waals surface area contributed by atoms with Gasteiger partial charge >= 0.3 is 0 Å². The Bertz CT molecular complexity index is 706. The summed E-state index contributed by atoms with van der Waals surface area (Å²) in [5.74, 6) is 0.393. The van der Waals surface area contributed by atoms with Crippen LogP contribution in [0.4, 0.5) is 0 Å². The molecule has 0 radical (unpaired) electrons. The number of aromatic nitrogens is 1. The van der Waals surface area contributed by atoms with Crippen LogP contribution < -0.4 is 10.1 Å². The molecule has 0 bridgehead atoms. The zero-order chi connectivity index (χ0) is 15.6. The first-order chi connectivity index (χ1) is 9.93. The molecule has 0 aliphatic rings. The average molecular weight is 309 g/mol. The maximum atomic E-state index is 11.7. The van der Waals surface area contributed by atoms with Crippen molar-refractivity contribution < 1.29 is 14.3 Å². The van der Waals surface area contributed by atoms with E-state index in [-0.39, 0.29) is 11.8 Å². The molecule has 112 valence electrons. The third kappa shape index (κ3) is 3.19. The Balaban J connectivity index is 2.48. The zero-order valence-electron chi connectivity index (χ0n) is 12.2. The second-order valence-corrected chi connectivity index (χ2v) is 5.19. The predicted octanol–water partition coefficient (Wildman–Crippen LogP) is 2.64. The van der Waals surface area contributed by atoms with Crippen molar-refractivity contribution >= 4 is 34.3 Å². The third-order valence-electron chi connectivity index (χ3n) is 3.27. The van der Waals surface area contributed by atoms with Gasteiger partial charge in [0.05, 0.1) is 17.6 Å². The van der Waals surface area contributed by atoms with Crippen molar-refractivity contribution in [3.8, 4) is 5.75 Å². The lowest BCUT2D eigenvalue weighted by atomic mass is 10.1. The number of benzene rings is 1. The third-order valence-corrected chi connectivity index (χ3v) is 3.56. The van der Waals surface area contributed by atoms with E-state index >= 15 is 0 Å². The summed E-state index contributed by atoms with van der Waals surface area (Å²) in [7, 11) is 1.55. The highest BCUT2D eigenvalue weighted by Crippen LogP contribution is 2.32. The standard InChI is InChI=1S/C15H17ClN2O3/c1-9(19)17-5-4-11-8-18(10(2)20)14-7-13(16)15(21-3)6-12(11)14/h6-8H,4-5H2,1-3H3,(H,17,19). The Morgan fingerprint density at radius 3 is 2.62 bits per heavy atom. The molecule has 6 heteroatoms. The largest absolute Gasteiger partial charge is 0.495 e. The smallest absolute Gasteiger partial charge is 0.227 e. The Labute approximate surface area is 127 Å². The van der Waals surface area contributed by atoms with Gasteiger partial charge in [0.25, 0.3) is 0 Å². The first-order valence-corrected chi connectivity index (χ1v) is 6.94. The van der Waals surface area contributed by atoms with Crippen molar-refractivity contribution in [2.45, 2.75) is 20.3 Å². The van der Waals surface area contributed by atoms with Crippen LogP contribution >= 0.6 is 11.6 Å². The van der Waals surface area contributed by atoms with Crippen molar-refractivity contribution in [3.05, 3.63) is 28.9 Å². The molecule has 0 saturated heterocycles. The van der Waals surface area contributed by atoms with Gasteiger partial charge in [0.1, 0.15) is 5.75 Å². The summed E-state index contributed by atoms with van der Waals surface area (Å²) in [6, 6.07) is 3.54. The van der Waals surface area contributed by atoms with Crippen LogP contribution in [-0.2, 0) is 11.2 Å². The number of halogens is 1. The lowest BCUT2D eigenvalue weighted by molar-refractivity contribution is -0.118. The highest BCUT2D eigenvalue weighted by Gasteiger charge is 2.14. The van der Waals surface area contributed by atoms with Gasteiger partial charge in [-0.15, -0.1) is 0 Å². The molecule has 0 fully saturated rings. The van der Waals surface area contributed by atoms with Crippen LogP contribution in [0.5, 0.6) is 5.75 Å². The van der Waals surface area contributed by atoms with Crippen LogP contribution in [-0.4, -0.2) is 30.0 Å². The van der Waals surface area contributed by atoms with E-state index in [0.29, 0.717) is 23.7 Å². The Morgan fingerprint density at radius 2 is 2.05 bits per heavy atom. The summed E-state index contributed by atoms with van der Waals surface area (Å²) in [6.07, 6.45) is 2.41. The molecular weight excluding hydrogens is 292 g/mol. The molecule has 2 rings (SSSR count). The second-order valence-electron chi connectivity index (χ2n) is 4.78. The molecule has 1 aromatic carbocycles. The molecule has 21 heavy (non-hydrogen) atoms. The van der Waals surface area contributed by atoms with Gasteiger partial charge in [0.2, 0.25) is 11.8 Å². The SMILES string of the molecule is COc1cc2c(CCNC(C)=O)cn(C(C)=O)c2cc1Cl. The Kier molecular flexibility index (Phi) is 4.53. The second kappa shape index (κ2) is 6.18. The average Bonchev–Trinajstić information content (AvgIpc) is 2.75. The number of nitrogens with one attached hydrogen (secondary N) is 1. The molecule has 2 aromatic rings. The molecule has 1 N–H and O–H groups in total. The molecule has 1 aromatic heterocycles. The van der Waals surface area contributed by atoms with Crippen LogP contribution in [0.3, 0.4) is 0 Å². The van der Waals surface area contributed by atoms with Crippen LogP contribution in [0.25, 0.3) is 10.9 Å². The summed E-state index contributed by atoms with van der Waals surface area (Å²) < 4.78 is 6.78. The molecule has 1 heterocycles. The fourth-order valence-corrected chi connectivity index (χ4v) is 2.52. The Morgan fingerprint density at radius 1 is 1.33 bits per heavy atom. The number of hydrogen-bond acceptors (Lipinski definition) is 3. The van der Waals surface area contributed by atoms with Crippen molar-refractivity contribution in [1.29, 1.82) is 0 Å². The molecule has 0 spiro atoms. The van der Waals surface area contributed by atoms with Gasteiger partial charge in [-0.05, 0) is 24.1 Å². The van der Waals surface area contributed by atoms with Gasteiger partial charge < -0.3 is 10.1 Å². The minimum atomic E-state index is -0.0907. The number of carbonyl (C=O) groups is 2. The van der Waals surface area contributed by atoms with E-state index in [1.54, 1.807) is 23.9 Å². The summed E-state index contributed by atoms with van der Waals surface area (Å²) in [4.78, 5) is 22.7. The summed E-state index contributed by atoms with van der Waals surface area (Å²) in [5, 5.41) is 4.10. The quantitative estimate of drug-likeness (QED) is 0.944. The minimum Gasteiger partial charge on any atom is -0.495 e. The van der Waals surface area contributed by atoms with Crippen molar-refractivity contribution in [3.63, 3.8) is 0 Å². The normalized spacial score (nSPS) is 10.7. The Hall–Kier alpha value is -2.01. The topological polar surface area (TPSA) is 60.3 Å². The summed E-state index contributed by atoms with van der Waals surface area (Å²) in [5.41, 5.74) is 1.70. The molecule has 0 saturated carbocycles. The van der Waals surface area contributed by atoms with Gasteiger partial charge in [-0.25, -0.2) is 0 Å². The lowest BCUT2D eigenvalue weighted by Crippen LogP contribution is -2.22. The molecule has 5 nitrogen and oxygen atoms in total. The zero-order valence-corrected chi connectivity index (χ0v) is 13.0. The highest BCUT2D eigenvalue weighted by atomic mass is 35.5.